The second-order valence-electron chi connectivity index (χ2n) is 3.80. The number of rotatable bonds is 1. The number of fused-ring (bicyclic) bond motifs is 1. The average Bonchev–Trinajstić information content (AvgIpc) is 2.42. The van der Waals surface area contributed by atoms with Gasteiger partial charge in [-0.2, -0.15) is 0 Å². The van der Waals surface area contributed by atoms with Gasteiger partial charge in [-0.25, -0.2) is 0 Å². The summed E-state index contributed by atoms with van der Waals surface area (Å²) in [6.45, 7) is 5.57. The SMILES string of the molecule is CC[N+]1(C)[CH-]N(C)c2ccccc21. The highest BCUT2D eigenvalue weighted by Gasteiger charge is 2.26. The number of para-hydroxylation sites is 2. The Bertz CT molecular complexity index is 322. The summed E-state index contributed by atoms with van der Waals surface area (Å²) in [7, 11) is 4.35. The van der Waals surface area contributed by atoms with E-state index in [1.165, 1.54) is 11.4 Å². The maximum absolute atomic E-state index is 2.25. The number of benzene rings is 1. The molecule has 1 atom stereocenters. The summed E-state index contributed by atoms with van der Waals surface area (Å²) in [6, 6.07) is 8.58. The van der Waals surface area contributed by atoms with Crippen LogP contribution in [0.1, 0.15) is 6.92 Å². The molecule has 2 rings (SSSR count). The summed E-state index contributed by atoms with van der Waals surface area (Å²) < 4.78 is 0.909. The molecule has 0 N–H and O–H groups in total. The minimum absolute atomic E-state index is 0.909. The molecular weight excluding hydrogens is 160 g/mol. The van der Waals surface area contributed by atoms with Crippen molar-refractivity contribution in [3.63, 3.8) is 0 Å². The summed E-state index contributed by atoms with van der Waals surface area (Å²) in [5, 5.41) is 0. The van der Waals surface area contributed by atoms with Gasteiger partial charge in [0.2, 0.25) is 0 Å². The summed E-state index contributed by atoms with van der Waals surface area (Å²) in [4.78, 5) is 2.21. The van der Waals surface area contributed by atoms with Crippen molar-refractivity contribution < 1.29 is 0 Å². The number of anilines is 1. The van der Waals surface area contributed by atoms with Crippen molar-refractivity contribution in [3.05, 3.63) is 30.9 Å². The van der Waals surface area contributed by atoms with E-state index >= 15 is 0 Å². The lowest BCUT2D eigenvalue weighted by Crippen LogP contribution is -2.41. The van der Waals surface area contributed by atoms with E-state index in [0.29, 0.717) is 0 Å². The molecule has 0 aromatic heterocycles. The van der Waals surface area contributed by atoms with Crippen LogP contribution in [0.25, 0.3) is 0 Å². The molecule has 0 fully saturated rings. The maximum atomic E-state index is 2.25. The highest BCUT2D eigenvalue weighted by atomic mass is 15.5. The van der Waals surface area contributed by atoms with E-state index in [2.05, 4.69) is 56.9 Å². The fraction of sp³-hybridized carbons (Fsp3) is 0.364. The Morgan fingerprint density at radius 3 is 2.77 bits per heavy atom. The highest BCUT2D eigenvalue weighted by Crippen LogP contribution is 2.40. The second-order valence-corrected chi connectivity index (χ2v) is 3.80. The van der Waals surface area contributed by atoms with Crippen molar-refractivity contribution in [2.24, 2.45) is 0 Å². The van der Waals surface area contributed by atoms with Crippen LogP contribution in [0, 0.1) is 6.67 Å². The molecule has 13 heavy (non-hydrogen) atoms. The van der Waals surface area contributed by atoms with Crippen LogP contribution in [0.2, 0.25) is 0 Å². The standard InChI is InChI=1S/C11H16N2/c1-4-13(3)9-12(2)10-7-5-6-8-11(10)13/h5-9H,4H2,1-3H3. The van der Waals surface area contributed by atoms with Gasteiger partial charge in [0.25, 0.3) is 0 Å². The lowest BCUT2D eigenvalue weighted by Gasteiger charge is -2.38. The predicted molar refractivity (Wildman–Crippen MR) is 57.4 cm³/mol. The molecule has 70 valence electrons. The van der Waals surface area contributed by atoms with Crippen molar-refractivity contribution in [2.45, 2.75) is 6.92 Å². The van der Waals surface area contributed by atoms with Crippen molar-refractivity contribution >= 4 is 11.4 Å². The van der Waals surface area contributed by atoms with E-state index in [4.69, 9.17) is 0 Å². The molecule has 2 nitrogen and oxygen atoms in total. The largest absolute Gasteiger partial charge is 0.467 e. The van der Waals surface area contributed by atoms with Gasteiger partial charge in [-0.15, -0.1) is 0 Å². The topological polar surface area (TPSA) is 3.24 Å². The van der Waals surface area contributed by atoms with Crippen LogP contribution in [-0.2, 0) is 0 Å². The highest BCUT2D eigenvalue weighted by molar-refractivity contribution is 5.75. The molecule has 0 radical (unpaired) electrons. The minimum Gasteiger partial charge on any atom is -0.467 e. The molecule has 1 aliphatic rings. The van der Waals surface area contributed by atoms with Gasteiger partial charge in [-0.1, -0.05) is 12.1 Å². The zero-order chi connectivity index (χ0) is 9.47. The molecule has 0 bridgehead atoms. The Hall–Kier alpha value is -1.02. The zero-order valence-corrected chi connectivity index (χ0v) is 8.49. The van der Waals surface area contributed by atoms with E-state index in [1.54, 1.807) is 0 Å². The lowest BCUT2D eigenvalue weighted by atomic mass is 10.2. The van der Waals surface area contributed by atoms with Crippen LogP contribution in [0.15, 0.2) is 24.3 Å². The third-order valence-electron chi connectivity index (χ3n) is 2.90. The molecule has 1 unspecified atom stereocenters. The molecule has 2 heteroatoms. The van der Waals surface area contributed by atoms with Gasteiger partial charge in [0.15, 0.2) is 0 Å². The monoisotopic (exact) mass is 176 g/mol. The van der Waals surface area contributed by atoms with Crippen molar-refractivity contribution in [3.8, 4) is 0 Å². The number of hydrogen-bond donors (Lipinski definition) is 0. The molecule has 1 aliphatic heterocycles. The zero-order valence-electron chi connectivity index (χ0n) is 8.49. The summed E-state index contributed by atoms with van der Waals surface area (Å²) in [5.74, 6) is 0. The first-order chi connectivity index (χ1) is 6.17. The first-order valence-corrected chi connectivity index (χ1v) is 4.71. The van der Waals surface area contributed by atoms with Crippen molar-refractivity contribution in [2.75, 3.05) is 25.5 Å². The van der Waals surface area contributed by atoms with E-state index in [9.17, 15) is 0 Å². The molecule has 0 saturated heterocycles. The first-order valence-electron chi connectivity index (χ1n) is 4.71. The maximum Gasteiger partial charge on any atom is 0.129 e. The van der Waals surface area contributed by atoms with Crippen LogP contribution < -0.4 is 9.38 Å². The van der Waals surface area contributed by atoms with Crippen LogP contribution in [-0.4, -0.2) is 20.6 Å². The van der Waals surface area contributed by atoms with Crippen LogP contribution in [0.5, 0.6) is 0 Å². The molecule has 1 heterocycles. The van der Waals surface area contributed by atoms with Gasteiger partial charge in [-0.05, 0) is 32.8 Å². The third-order valence-corrected chi connectivity index (χ3v) is 2.90. The van der Waals surface area contributed by atoms with Gasteiger partial charge in [0, 0.05) is 7.05 Å². The fourth-order valence-electron chi connectivity index (χ4n) is 1.95. The van der Waals surface area contributed by atoms with Gasteiger partial charge >= 0.3 is 0 Å². The molecule has 0 spiro atoms. The quantitative estimate of drug-likeness (QED) is 0.468. The van der Waals surface area contributed by atoms with Crippen molar-refractivity contribution in [1.82, 2.24) is 4.48 Å². The second kappa shape index (κ2) is 2.74. The molecule has 0 aliphatic carbocycles. The summed E-state index contributed by atoms with van der Waals surface area (Å²) >= 11 is 0. The Balaban J connectivity index is 2.53. The Morgan fingerprint density at radius 1 is 1.38 bits per heavy atom. The summed E-state index contributed by atoms with van der Waals surface area (Å²) in [5.41, 5.74) is 2.72. The lowest BCUT2D eigenvalue weighted by molar-refractivity contribution is 0.431. The predicted octanol–water partition coefficient (Wildman–Crippen LogP) is 2.21. The van der Waals surface area contributed by atoms with Gasteiger partial charge in [0.1, 0.15) is 5.69 Å². The first kappa shape index (κ1) is 8.57. The van der Waals surface area contributed by atoms with Gasteiger partial charge < -0.3 is 9.38 Å². The average molecular weight is 176 g/mol. The van der Waals surface area contributed by atoms with Crippen molar-refractivity contribution in [1.29, 1.82) is 0 Å². The molecule has 0 amide bonds. The smallest absolute Gasteiger partial charge is 0.129 e. The Kier molecular flexibility index (Phi) is 1.81. The number of hydrogen-bond acceptors (Lipinski definition) is 1. The number of quaternary nitrogens is 1. The van der Waals surface area contributed by atoms with E-state index in [0.717, 1.165) is 11.0 Å². The molecule has 1 aromatic rings. The molecular formula is C11H16N2. The van der Waals surface area contributed by atoms with Gasteiger partial charge in [-0.3, -0.25) is 0 Å². The Morgan fingerprint density at radius 2 is 2.08 bits per heavy atom. The van der Waals surface area contributed by atoms with Crippen LogP contribution >= 0.6 is 0 Å². The van der Waals surface area contributed by atoms with E-state index < -0.39 is 0 Å². The minimum atomic E-state index is 0.909. The van der Waals surface area contributed by atoms with E-state index in [1.807, 2.05) is 0 Å². The molecule has 1 aromatic carbocycles. The number of nitrogens with zero attached hydrogens (tertiary/aromatic N) is 2. The van der Waals surface area contributed by atoms with Gasteiger partial charge in [0.05, 0.1) is 12.2 Å². The Labute approximate surface area is 80.0 Å². The van der Waals surface area contributed by atoms with Crippen LogP contribution in [0.3, 0.4) is 0 Å². The fourth-order valence-corrected chi connectivity index (χ4v) is 1.95. The van der Waals surface area contributed by atoms with Crippen LogP contribution in [0.4, 0.5) is 11.4 Å². The third kappa shape index (κ3) is 1.13. The van der Waals surface area contributed by atoms with E-state index in [-0.39, 0.29) is 0 Å². The normalized spacial score (nSPS) is 26.2. The molecule has 0 saturated carbocycles. The summed E-state index contributed by atoms with van der Waals surface area (Å²) in [6.07, 6.45) is 0.